The van der Waals surface area contributed by atoms with Crippen LogP contribution >= 0.6 is 0 Å². The molecule has 0 heterocycles. The van der Waals surface area contributed by atoms with E-state index in [1.807, 2.05) is 0 Å². The van der Waals surface area contributed by atoms with E-state index in [1.54, 1.807) is 39.8 Å². The van der Waals surface area contributed by atoms with Gasteiger partial charge in [0, 0.05) is 12.1 Å². The van der Waals surface area contributed by atoms with E-state index in [9.17, 15) is 9.18 Å². The lowest BCUT2D eigenvalue weighted by atomic mass is 10.0. The van der Waals surface area contributed by atoms with E-state index < -0.39 is 17.7 Å². The number of nitrogens with two attached hydrogens (primary N) is 1. The van der Waals surface area contributed by atoms with E-state index in [1.165, 1.54) is 12.1 Å². The lowest BCUT2D eigenvalue weighted by molar-refractivity contribution is 0.0501. The number of carbonyl (C=O) groups is 1. The first-order chi connectivity index (χ1) is 8.69. The maximum Gasteiger partial charge on any atom is 0.407 e. The Kier molecular flexibility index (Phi) is 4.89. The fourth-order valence-electron chi connectivity index (χ4n) is 1.56. The van der Waals surface area contributed by atoms with Gasteiger partial charge in [-0.2, -0.15) is 0 Å². The fourth-order valence-corrected chi connectivity index (χ4v) is 1.56. The number of rotatable bonds is 3. The summed E-state index contributed by atoms with van der Waals surface area (Å²) in [5, 5.41) is 2.67. The molecule has 1 rings (SSSR count). The van der Waals surface area contributed by atoms with Crippen LogP contribution in [0, 0.1) is 5.82 Å². The van der Waals surface area contributed by atoms with E-state index >= 15 is 0 Å². The standard InChI is InChI=1S/C14H21FN2O2/c1-9(17-13(18)19-14(2,3)4)12(16)10-5-7-11(15)8-6-10/h5-9,12H,16H2,1-4H3,(H,17,18)/t9-,12?/m0/s1. The van der Waals surface area contributed by atoms with E-state index in [0.29, 0.717) is 0 Å². The summed E-state index contributed by atoms with van der Waals surface area (Å²) < 4.78 is 18.0. The number of hydrogen-bond donors (Lipinski definition) is 2. The predicted molar refractivity (Wildman–Crippen MR) is 72.2 cm³/mol. The number of ether oxygens (including phenoxy) is 1. The first-order valence-electron chi connectivity index (χ1n) is 6.19. The van der Waals surface area contributed by atoms with Crippen LogP contribution in [0.25, 0.3) is 0 Å². The van der Waals surface area contributed by atoms with Gasteiger partial charge < -0.3 is 15.8 Å². The molecular formula is C14H21FN2O2. The van der Waals surface area contributed by atoms with Crippen LogP contribution in [0.15, 0.2) is 24.3 Å². The lowest BCUT2D eigenvalue weighted by Gasteiger charge is -2.25. The van der Waals surface area contributed by atoms with Crippen molar-refractivity contribution in [3.05, 3.63) is 35.6 Å². The lowest BCUT2D eigenvalue weighted by Crippen LogP contribution is -2.43. The molecule has 0 saturated carbocycles. The third-order valence-electron chi connectivity index (χ3n) is 2.54. The van der Waals surface area contributed by atoms with Crippen molar-refractivity contribution in [3.8, 4) is 0 Å². The molecule has 2 atom stereocenters. The zero-order chi connectivity index (χ0) is 14.6. The number of alkyl carbamates (subject to hydrolysis) is 1. The highest BCUT2D eigenvalue weighted by Crippen LogP contribution is 2.15. The fraction of sp³-hybridized carbons (Fsp3) is 0.500. The zero-order valence-corrected chi connectivity index (χ0v) is 11.7. The van der Waals surface area contributed by atoms with Crippen LogP contribution in [0.1, 0.15) is 39.3 Å². The van der Waals surface area contributed by atoms with Crippen molar-refractivity contribution in [3.63, 3.8) is 0 Å². The molecule has 0 spiro atoms. The van der Waals surface area contributed by atoms with Crippen molar-refractivity contribution >= 4 is 6.09 Å². The molecule has 0 bridgehead atoms. The minimum absolute atomic E-state index is 0.316. The molecule has 0 saturated heterocycles. The summed E-state index contributed by atoms with van der Waals surface area (Å²) in [7, 11) is 0. The minimum atomic E-state index is -0.552. The molecule has 1 aromatic carbocycles. The maximum atomic E-state index is 12.8. The highest BCUT2D eigenvalue weighted by molar-refractivity contribution is 5.68. The van der Waals surface area contributed by atoms with Crippen LogP contribution in [-0.4, -0.2) is 17.7 Å². The van der Waals surface area contributed by atoms with E-state index in [0.717, 1.165) is 5.56 Å². The second-order valence-corrected chi connectivity index (χ2v) is 5.51. The predicted octanol–water partition coefficient (Wildman–Crippen LogP) is 2.74. The Labute approximate surface area is 113 Å². The first kappa shape index (κ1) is 15.4. The normalized spacial score (nSPS) is 14.6. The van der Waals surface area contributed by atoms with E-state index in [2.05, 4.69) is 5.32 Å². The van der Waals surface area contributed by atoms with Crippen molar-refractivity contribution < 1.29 is 13.9 Å². The van der Waals surface area contributed by atoms with Gasteiger partial charge in [0.15, 0.2) is 0 Å². The van der Waals surface area contributed by atoms with Gasteiger partial charge in [-0.05, 0) is 45.4 Å². The number of carbonyl (C=O) groups excluding carboxylic acids is 1. The van der Waals surface area contributed by atoms with Crippen molar-refractivity contribution in [2.75, 3.05) is 0 Å². The zero-order valence-electron chi connectivity index (χ0n) is 11.7. The van der Waals surface area contributed by atoms with Gasteiger partial charge in [-0.1, -0.05) is 12.1 Å². The number of amides is 1. The number of hydrogen-bond acceptors (Lipinski definition) is 3. The summed E-state index contributed by atoms with van der Waals surface area (Å²) in [4.78, 5) is 11.6. The Bertz CT molecular complexity index is 426. The van der Waals surface area contributed by atoms with Crippen molar-refractivity contribution in [2.45, 2.75) is 45.4 Å². The molecule has 0 aliphatic heterocycles. The molecule has 0 aliphatic carbocycles. The Morgan fingerprint density at radius 2 is 1.84 bits per heavy atom. The van der Waals surface area contributed by atoms with Crippen LogP contribution in [-0.2, 0) is 4.74 Å². The van der Waals surface area contributed by atoms with Gasteiger partial charge in [0.05, 0.1) is 0 Å². The second-order valence-electron chi connectivity index (χ2n) is 5.51. The van der Waals surface area contributed by atoms with Crippen LogP contribution in [0.2, 0.25) is 0 Å². The second kappa shape index (κ2) is 6.02. The summed E-state index contributed by atoms with van der Waals surface area (Å²) >= 11 is 0. The first-order valence-corrected chi connectivity index (χ1v) is 6.19. The molecule has 106 valence electrons. The van der Waals surface area contributed by atoms with Crippen LogP contribution < -0.4 is 11.1 Å². The molecule has 19 heavy (non-hydrogen) atoms. The summed E-state index contributed by atoms with van der Waals surface area (Å²) in [6.45, 7) is 7.14. The minimum Gasteiger partial charge on any atom is -0.444 e. The molecule has 1 aromatic rings. The smallest absolute Gasteiger partial charge is 0.407 e. The summed E-state index contributed by atoms with van der Waals surface area (Å²) in [5.74, 6) is -0.316. The van der Waals surface area contributed by atoms with Gasteiger partial charge in [0.2, 0.25) is 0 Å². The number of nitrogens with one attached hydrogen (secondary N) is 1. The average Bonchev–Trinajstić information content (AvgIpc) is 2.26. The Hall–Kier alpha value is -1.62. The molecule has 0 aliphatic rings. The molecule has 1 amide bonds. The largest absolute Gasteiger partial charge is 0.444 e. The van der Waals surface area contributed by atoms with Crippen molar-refractivity contribution in [1.29, 1.82) is 0 Å². The van der Waals surface area contributed by atoms with Gasteiger partial charge in [-0.3, -0.25) is 0 Å². The van der Waals surface area contributed by atoms with Crippen molar-refractivity contribution in [1.82, 2.24) is 5.32 Å². The molecule has 4 nitrogen and oxygen atoms in total. The van der Waals surface area contributed by atoms with Crippen LogP contribution in [0.5, 0.6) is 0 Å². The Morgan fingerprint density at radius 1 is 1.32 bits per heavy atom. The van der Waals surface area contributed by atoms with Gasteiger partial charge in [-0.15, -0.1) is 0 Å². The molecule has 0 aromatic heterocycles. The van der Waals surface area contributed by atoms with Crippen LogP contribution in [0.4, 0.5) is 9.18 Å². The quantitative estimate of drug-likeness (QED) is 0.886. The molecular weight excluding hydrogens is 247 g/mol. The molecule has 0 radical (unpaired) electrons. The summed E-state index contributed by atoms with van der Waals surface area (Å²) in [5.41, 5.74) is 6.21. The van der Waals surface area contributed by atoms with E-state index in [4.69, 9.17) is 10.5 Å². The highest BCUT2D eigenvalue weighted by Gasteiger charge is 2.21. The summed E-state index contributed by atoms with van der Waals surface area (Å²) in [6, 6.07) is 5.15. The molecule has 3 N–H and O–H groups in total. The highest BCUT2D eigenvalue weighted by atomic mass is 19.1. The van der Waals surface area contributed by atoms with E-state index in [-0.39, 0.29) is 11.9 Å². The Morgan fingerprint density at radius 3 is 2.32 bits per heavy atom. The average molecular weight is 268 g/mol. The third-order valence-corrected chi connectivity index (χ3v) is 2.54. The van der Waals surface area contributed by atoms with Gasteiger partial charge in [-0.25, -0.2) is 9.18 Å². The van der Waals surface area contributed by atoms with Gasteiger partial charge in [0.25, 0.3) is 0 Å². The number of halogens is 1. The molecule has 5 heteroatoms. The van der Waals surface area contributed by atoms with Gasteiger partial charge in [0.1, 0.15) is 11.4 Å². The third kappa shape index (κ3) is 5.26. The number of benzene rings is 1. The maximum absolute atomic E-state index is 12.8. The SMILES string of the molecule is C[C@H](NC(=O)OC(C)(C)C)C(N)c1ccc(F)cc1. The van der Waals surface area contributed by atoms with Gasteiger partial charge >= 0.3 is 6.09 Å². The molecule has 1 unspecified atom stereocenters. The van der Waals surface area contributed by atoms with Crippen LogP contribution in [0.3, 0.4) is 0 Å². The van der Waals surface area contributed by atoms with Crippen molar-refractivity contribution in [2.24, 2.45) is 5.73 Å². The summed E-state index contributed by atoms with van der Waals surface area (Å²) in [6.07, 6.45) is -0.516. The molecule has 0 fully saturated rings. The topological polar surface area (TPSA) is 64.3 Å². The monoisotopic (exact) mass is 268 g/mol. The Balaban J connectivity index is 2.60.